The van der Waals surface area contributed by atoms with Crippen LogP contribution < -0.4 is 15.4 Å². The van der Waals surface area contributed by atoms with E-state index in [9.17, 15) is 18.4 Å². The second kappa shape index (κ2) is 10.1. The lowest BCUT2D eigenvalue weighted by molar-refractivity contribution is -0.131. The third-order valence-electron chi connectivity index (χ3n) is 3.55. The normalized spacial score (nSPS) is 10.5. The first-order valence-corrected chi connectivity index (χ1v) is 8.78. The standard InChI is InChI=1S/C18H17Cl2F2N3O3/c1-25(10-16(26)24-14-5-3-2-4-12(14)19)17(27)9-23-11-6-7-15(13(20)8-11)28-18(21)22/h2-8,18,23H,9-10H2,1H3,(H,24,26). The molecule has 2 N–H and O–H groups in total. The average molecular weight is 432 g/mol. The van der Waals surface area contributed by atoms with Gasteiger partial charge in [0.2, 0.25) is 11.8 Å². The molecule has 6 nitrogen and oxygen atoms in total. The fraction of sp³-hybridized carbons (Fsp3) is 0.222. The van der Waals surface area contributed by atoms with Gasteiger partial charge in [0.15, 0.2) is 0 Å². The van der Waals surface area contributed by atoms with Gasteiger partial charge in [-0.2, -0.15) is 8.78 Å². The van der Waals surface area contributed by atoms with Crippen molar-refractivity contribution in [1.29, 1.82) is 0 Å². The molecule has 2 aromatic carbocycles. The number of ether oxygens (including phenoxy) is 1. The van der Waals surface area contributed by atoms with Gasteiger partial charge in [-0.3, -0.25) is 9.59 Å². The summed E-state index contributed by atoms with van der Waals surface area (Å²) < 4.78 is 28.7. The molecule has 2 aromatic rings. The van der Waals surface area contributed by atoms with E-state index in [0.29, 0.717) is 16.4 Å². The summed E-state index contributed by atoms with van der Waals surface area (Å²) in [5.74, 6) is -0.930. The number of likely N-dealkylation sites (N-methyl/N-ethyl adjacent to an activating group) is 1. The van der Waals surface area contributed by atoms with Crippen molar-refractivity contribution in [2.75, 3.05) is 30.8 Å². The molecule has 0 saturated heterocycles. The quantitative estimate of drug-likeness (QED) is 0.659. The maximum absolute atomic E-state index is 12.2. The second-order valence-corrected chi connectivity index (χ2v) is 6.47. The van der Waals surface area contributed by atoms with Gasteiger partial charge in [0.25, 0.3) is 0 Å². The van der Waals surface area contributed by atoms with Gasteiger partial charge in [-0.05, 0) is 30.3 Å². The summed E-state index contributed by atoms with van der Waals surface area (Å²) in [5.41, 5.74) is 0.891. The number of anilines is 2. The van der Waals surface area contributed by atoms with Crippen LogP contribution in [0.15, 0.2) is 42.5 Å². The molecule has 0 bridgehead atoms. The van der Waals surface area contributed by atoms with E-state index in [2.05, 4.69) is 15.4 Å². The Morgan fingerprint density at radius 3 is 2.50 bits per heavy atom. The van der Waals surface area contributed by atoms with Crippen LogP contribution >= 0.6 is 23.2 Å². The number of amides is 2. The molecule has 0 aliphatic rings. The van der Waals surface area contributed by atoms with E-state index >= 15 is 0 Å². The third-order valence-corrected chi connectivity index (χ3v) is 4.17. The summed E-state index contributed by atoms with van der Waals surface area (Å²) in [6, 6.07) is 10.8. The Hall–Kier alpha value is -2.58. The second-order valence-electron chi connectivity index (χ2n) is 5.66. The molecule has 2 amide bonds. The fourth-order valence-corrected chi connectivity index (χ4v) is 2.58. The van der Waals surface area contributed by atoms with E-state index in [4.69, 9.17) is 23.2 Å². The highest BCUT2D eigenvalue weighted by molar-refractivity contribution is 6.33. The van der Waals surface area contributed by atoms with Crippen LogP contribution in [0.2, 0.25) is 10.0 Å². The summed E-state index contributed by atoms with van der Waals surface area (Å²) in [4.78, 5) is 25.4. The summed E-state index contributed by atoms with van der Waals surface area (Å²) in [6.45, 7) is -3.28. The van der Waals surface area contributed by atoms with Gasteiger partial charge in [-0.25, -0.2) is 0 Å². The van der Waals surface area contributed by atoms with Crippen molar-refractivity contribution in [3.8, 4) is 5.75 Å². The van der Waals surface area contributed by atoms with Crippen LogP contribution in [0, 0.1) is 0 Å². The van der Waals surface area contributed by atoms with E-state index in [1.165, 1.54) is 30.1 Å². The molecule has 10 heteroatoms. The van der Waals surface area contributed by atoms with E-state index in [1.54, 1.807) is 24.3 Å². The molecule has 0 spiro atoms. The number of para-hydroxylation sites is 1. The van der Waals surface area contributed by atoms with Crippen molar-refractivity contribution in [2.24, 2.45) is 0 Å². The minimum atomic E-state index is -2.98. The lowest BCUT2D eigenvalue weighted by Gasteiger charge is -2.18. The van der Waals surface area contributed by atoms with Crippen molar-refractivity contribution in [3.63, 3.8) is 0 Å². The van der Waals surface area contributed by atoms with Gasteiger partial charge in [0.05, 0.1) is 28.8 Å². The van der Waals surface area contributed by atoms with Crippen molar-refractivity contribution in [2.45, 2.75) is 6.61 Å². The molecule has 0 saturated carbocycles. The summed E-state index contributed by atoms with van der Waals surface area (Å²) in [6.07, 6.45) is 0. The van der Waals surface area contributed by atoms with Gasteiger partial charge in [0, 0.05) is 12.7 Å². The highest BCUT2D eigenvalue weighted by Gasteiger charge is 2.14. The third kappa shape index (κ3) is 6.54. The maximum atomic E-state index is 12.2. The zero-order valence-corrected chi connectivity index (χ0v) is 16.2. The summed E-state index contributed by atoms with van der Waals surface area (Å²) in [5, 5.41) is 5.80. The number of hydrogen-bond acceptors (Lipinski definition) is 4. The molecule has 2 rings (SSSR count). The lowest BCUT2D eigenvalue weighted by atomic mass is 10.3. The molecule has 0 aliphatic carbocycles. The summed E-state index contributed by atoms with van der Waals surface area (Å²) in [7, 11) is 1.47. The van der Waals surface area contributed by atoms with E-state index in [-0.39, 0.29) is 29.8 Å². The average Bonchev–Trinajstić information content (AvgIpc) is 2.63. The van der Waals surface area contributed by atoms with Crippen molar-refractivity contribution in [1.82, 2.24) is 4.90 Å². The predicted octanol–water partition coefficient (Wildman–Crippen LogP) is 4.10. The van der Waals surface area contributed by atoms with Gasteiger partial charge in [-0.1, -0.05) is 35.3 Å². The minimum absolute atomic E-state index is 0.0229. The molecular weight excluding hydrogens is 415 g/mol. The Bertz CT molecular complexity index is 853. The highest BCUT2D eigenvalue weighted by atomic mass is 35.5. The van der Waals surface area contributed by atoms with Crippen molar-refractivity contribution in [3.05, 3.63) is 52.5 Å². The first kappa shape index (κ1) is 21.7. The number of nitrogens with one attached hydrogen (secondary N) is 2. The monoisotopic (exact) mass is 431 g/mol. The van der Waals surface area contributed by atoms with Crippen LogP contribution in [-0.2, 0) is 9.59 Å². The van der Waals surface area contributed by atoms with E-state index < -0.39 is 12.5 Å². The Morgan fingerprint density at radius 2 is 1.86 bits per heavy atom. The number of nitrogens with zero attached hydrogens (tertiary/aromatic N) is 1. The number of benzene rings is 2. The number of carbonyl (C=O) groups excluding carboxylic acids is 2. The van der Waals surface area contributed by atoms with E-state index in [0.717, 1.165) is 0 Å². The zero-order chi connectivity index (χ0) is 20.7. The van der Waals surface area contributed by atoms with Gasteiger partial charge in [-0.15, -0.1) is 0 Å². The molecule has 0 atom stereocenters. The number of hydrogen-bond donors (Lipinski definition) is 2. The van der Waals surface area contributed by atoms with Crippen LogP contribution in [0.1, 0.15) is 0 Å². The van der Waals surface area contributed by atoms with Crippen LogP contribution in [-0.4, -0.2) is 43.5 Å². The van der Waals surface area contributed by atoms with Crippen LogP contribution in [0.3, 0.4) is 0 Å². The molecule has 0 aromatic heterocycles. The molecule has 28 heavy (non-hydrogen) atoms. The van der Waals surface area contributed by atoms with Gasteiger partial charge >= 0.3 is 6.61 Å². The molecule has 0 heterocycles. The smallest absolute Gasteiger partial charge is 0.387 e. The summed E-state index contributed by atoms with van der Waals surface area (Å²) >= 11 is 11.8. The van der Waals surface area contributed by atoms with Crippen LogP contribution in [0.5, 0.6) is 5.75 Å². The first-order chi connectivity index (χ1) is 13.3. The van der Waals surface area contributed by atoms with Crippen LogP contribution in [0.25, 0.3) is 0 Å². The molecular formula is C18H17Cl2F2N3O3. The Morgan fingerprint density at radius 1 is 1.14 bits per heavy atom. The number of halogens is 4. The van der Waals surface area contributed by atoms with Crippen LogP contribution in [0.4, 0.5) is 20.2 Å². The molecule has 0 aliphatic heterocycles. The van der Waals surface area contributed by atoms with Gasteiger partial charge in [0.1, 0.15) is 5.75 Å². The zero-order valence-electron chi connectivity index (χ0n) is 14.7. The van der Waals surface area contributed by atoms with Crippen molar-refractivity contribution < 1.29 is 23.1 Å². The molecule has 0 fully saturated rings. The topological polar surface area (TPSA) is 70.7 Å². The molecule has 0 radical (unpaired) electrons. The SMILES string of the molecule is CN(CC(=O)Nc1ccccc1Cl)C(=O)CNc1ccc(OC(F)F)c(Cl)c1. The predicted molar refractivity (Wildman–Crippen MR) is 104 cm³/mol. The van der Waals surface area contributed by atoms with Crippen molar-refractivity contribution >= 4 is 46.4 Å². The fourth-order valence-electron chi connectivity index (χ4n) is 2.17. The molecule has 0 unspecified atom stereocenters. The Kier molecular flexibility index (Phi) is 7.83. The van der Waals surface area contributed by atoms with E-state index in [1.807, 2.05) is 0 Å². The minimum Gasteiger partial charge on any atom is -0.433 e. The number of rotatable bonds is 8. The lowest BCUT2D eigenvalue weighted by Crippen LogP contribution is -2.38. The largest absolute Gasteiger partial charge is 0.433 e. The number of alkyl halides is 2. The first-order valence-electron chi connectivity index (χ1n) is 8.03. The Balaban J connectivity index is 1.84. The van der Waals surface area contributed by atoms with Gasteiger partial charge < -0.3 is 20.3 Å². The Labute approximate surface area is 170 Å². The number of carbonyl (C=O) groups is 2. The highest BCUT2D eigenvalue weighted by Crippen LogP contribution is 2.28. The molecule has 150 valence electrons. The maximum Gasteiger partial charge on any atom is 0.387 e.